The minimum absolute atomic E-state index is 0.0854. The fourth-order valence-corrected chi connectivity index (χ4v) is 2.35. The molecule has 1 aromatic rings. The predicted octanol–water partition coefficient (Wildman–Crippen LogP) is 2.69. The average molecular weight is 233 g/mol. The van der Waals surface area contributed by atoms with E-state index in [4.69, 9.17) is 0 Å². The monoisotopic (exact) mass is 233 g/mol. The number of Topliss-reactive ketones (excluding diaryl/α,β-unsaturated/α-hetero) is 1. The number of carbonyl (C=O) groups excluding carboxylic acids is 1. The van der Waals surface area contributed by atoms with Crippen molar-refractivity contribution in [3.8, 4) is 5.75 Å². The summed E-state index contributed by atoms with van der Waals surface area (Å²) in [4.78, 5) is 13.5. The van der Waals surface area contributed by atoms with E-state index in [1.165, 1.54) is 6.92 Å². The smallest absolute Gasteiger partial charge is 0.163 e. The van der Waals surface area contributed by atoms with Gasteiger partial charge in [-0.1, -0.05) is 13.8 Å². The van der Waals surface area contributed by atoms with Gasteiger partial charge in [0.1, 0.15) is 5.75 Å². The molecule has 3 nitrogen and oxygen atoms in total. The van der Waals surface area contributed by atoms with E-state index < -0.39 is 0 Å². The van der Waals surface area contributed by atoms with Gasteiger partial charge in [0, 0.05) is 24.8 Å². The van der Waals surface area contributed by atoms with Crippen molar-refractivity contribution < 1.29 is 9.90 Å². The first-order valence-electron chi connectivity index (χ1n) is 6.08. The summed E-state index contributed by atoms with van der Waals surface area (Å²) in [6, 6.07) is 5.32. The molecule has 0 aliphatic carbocycles. The molecule has 17 heavy (non-hydrogen) atoms. The van der Waals surface area contributed by atoms with Crippen LogP contribution in [0.3, 0.4) is 0 Å². The van der Waals surface area contributed by atoms with Crippen LogP contribution in [-0.4, -0.2) is 24.0 Å². The van der Waals surface area contributed by atoms with Gasteiger partial charge in [-0.15, -0.1) is 0 Å². The summed E-state index contributed by atoms with van der Waals surface area (Å²) in [6.45, 7) is 7.98. The highest BCUT2D eigenvalue weighted by atomic mass is 16.3. The van der Waals surface area contributed by atoms with Crippen molar-refractivity contribution in [2.24, 2.45) is 11.8 Å². The number of phenolic OH excluding ortho intramolecular Hbond substituents is 1. The van der Waals surface area contributed by atoms with E-state index in [0.29, 0.717) is 17.4 Å². The second-order valence-electron chi connectivity index (χ2n) is 5.12. The number of carbonyl (C=O) groups is 1. The molecule has 1 fully saturated rings. The van der Waals surface area contributed by atoms with Crippen molar-refractivity contribution in [3.63, 3.8) is 0 Å². The summed E-state index contributed by atoms with van der Waals surface area (Å²) >= 11 is 0. The maximum Gasteiger partial charge on any atom is 0.163 e. The van der Waals surface area contributed by atoms with E-state index in [-0.39, 0.29) is 11.5 Å². The summed E-state index contributed by atoms with van der Waals surface area (Å²) in [5, 5.41) is 9.81. The van der Waals surface area contributed by atoms with E-state index in [1.54, 1.807) is 12.1 Å². The van der Waals surface area contributed by atoms with Crippen LogP contribution in [0.5, 0.6) is 5.75 Å². The second-order valence-corrected chi connectivity index (χ2v) is 5.12. The van der Waals surface area contributed by atoms with Gasteiger partial charge in [0.05, 0.1) is 5.56 Å². The van der Waals surface area contributed by atoms with Crippen molar-refractivity contribution in [2.75, 3.05) is 18.0 Å². The molecule has 2 rings (SSSR count). The molecule has 92 valence electrons. The number of hydrogen-bond donors (Lipinski definition) is 1. The molecule has 2 atom stereocenters. The third-order valence-corrected chi connectivity index (χ3v) is 3.71. The number of phenols is 1. The lowest BCUT2D eigenvalue weighted by molar-refractivity contribution is 0.101. The molecule has 1 aliphatic heterocycles. The van der Waals surface area contributed by atoms with Crippen LogP contribution < -0.4 is 4.90 Å². The molecule has 3 heteroatoms. The topological polar surface area (TPSA) is 40.5 Å². The highest BCUT2D eigenvalue weighted by Crippen LogP contribution is 2.31. The van der Waals surface area contributed by atoms with Crippen molar-refractivity contribution >= 4 is 11.5 Å². The second kappa shape index (κ2) is 4.40. The Kier molecular flexibility index (Phi) is 3.09. The Morgan fingerprint density at radius 3 is 2.35 bits per heavy atom. The fraction of sp³-hybridized carbons (Fsp3) is 0.500. The van der Waals surface area contributed by atoms with Gasteiger partial charge in [0.2, 0.25) is 0 Å². The van der Waals surface area contributed by atoms with Crippen molar-refractivity contribution in [1.82, 2.24) is 0 Å². The van der Waals surface area contributed by atoms with Gasteiger partial charge in [-0.3, -0.25) is 4.79 Å². The summed E-state index contributed by atoms with van der Waals surface area (Å²) in [6.07, 6.45) is 0. The van der Waals surface area contributed by atoms with Crippen molar-refractivity contribution in [1.29, 1.82) is 0 Å². The normalized spacial score (nSPS) is 24.1. The Morgan fingerprint density at radius 2 is 1.88 bits per heavy atom. The third kappa shape index (κ3) is 2.28. The van der Waals surface area contributed by atoms with Crippen LogP contribution >= 0.6 is 0 Å². The van der Waals surface area contributed by atoms with Crippen molar-refractivity contribution in [2.45, 2.75) is 20.8 Å². The van der Waals surface area contributed by atoms with Gasteiger partial charge in [-0.2, -0.15) is 0 Å². The van der Waals surface area contributed by atoms with Gasteiger partial charge >= 0.3 is 0 Å². The maximum absolute atomic E-state index is 11.2. The summed E-state index contributed by atoms with van der Waals surface area (Å²) in [5.41, 5.74) is 1.40. The van der Waals surface area contributed by atoms with Crippen LogP contribution in [0.2, 0.25) is 0 Å². The SMILES string of the molecule is CC(=O)c1ccc(N2CC(C)C(C)C2)cc1O. The van der Waals surface area contributed by atoms with Crippen LogP contribution in [0.4, 0.5) is 5.69 Å². The van der Waals surface area contributed by atoms with Crippen LogP contribution in [0.15, 0.2) is 18.2 Å². The Morgan fingerprint density at radius 1 is 1.29 bits per heavy atom. The lowest BCUT2D eigenvalue weighted by Gasteiger charge is -2.19. The van der Waals surface area contributed by atoms with Crippen LogP contribution in [-0.2, 0) is 0 Å². The highest BCUT2D eigenvalue weighted by Gasteiger charge is 2.26. The molecule has 1 heterocycles. The number of hydrogen-bond acceptors (Lipinski definition) is 3. The molecule has 1 saturated heterocycles. The lowest BCUT2D eigenvalue weighted by atomic mass is 10.0. The molecule has 1 N–H and O–H groups in total. The largest absolute Gasteiger partial charge is 0.507 e. The molecule has 0 radical (unpaired) electrons. The highest BCUT2D eigenvalue weighted by molar-refractivity contribution is 5.97. The van der Waals surface area contributed by atoms with Gasteiger partial charge in [0.15, 0.2) is 5.78 Å². The lowest BCUT2D eigenvalue weighted by Crippen LogP contribution is -2.19. The fourth-order valence-electron chi connectivity index (χ4n) is 2.35. The molecule has 0 amide bonds. The molecule has 0 saturated carbocycles. The summed E-state index contributed by atoms with van der Waals surface area (Å²) in [7, 11) is 0. The molecule has 2 unspecified atom stereocenters. The Bertz CT molecular complexity index is 432. The molecule has 1 aliphatic rings. The molecule has 0 spiro atoms. The number of ketones is 1. The van der Waals surface area contributed by atoms with E-state index in [2.05, 4.69) is 18.7 Å². The zero-order valence-electron chi connectivity index (χ0n) is 10.6. The Balaban J connectivity index is 2.24. The maximum atomic E-state index is 11.2. The number of anilines is 1. The van der Waals surface area contributed by atoms with Crippen molar-refractivity contribution in [3.05, 3.63) is 23.8 Å². The predicted molar refractivity (Wildman–Crippen MR) is 68.7 cm³/mol. The zero-order chi connectivity index (χ0) is 12.6. The van der Waals surface area contributed by atoms with E-state index in [9.17, 15) is 9.90 Å². The number of aromatic hydroxyl groups is 1. The zero-order valence-corrected chi connectivity index (χ0v) is 10.6. The minimum atomic E-state index is -0.0998. The average Bonchev–Trinajstić information content (AvgIpc) is 2.58. The van der Waals surface area contributed by atoms with Gasteiger partial charge in [-0.05, 0) is 30.9 Å². The third-order valence-electron chi connectivity index (χ3n) is 3.71. The minimum Gasteiger partial charge on any atom is -0.507 e. The van der Waals surface area contributed by atoms with Crippen LogP contribution in [0, 0.1) is 11.8 Å². The Labute approximate surface area is 102 Å². The number of benzene rings is 1. The van der Waals surface area contributed by atoms with E-state index in [0.717, 1.165) is 18.8 Å². The first-order chi connectivity index (χ1) is 7.99. The summed E-state index contributed by atoms with van der Waals surface area (Å²) in [5.74, 6) is 1.33. The van der Waals surface area contributed by atoms with Gasteiger partial charge in [0.25, 0.3) is 0 Å². The quantitative estimate of drug-likeness (QED) is 0.798. The standard InChI is InChI=1S/C14H19NO2/c1-9-7-15(8-10(9)2)12-4-5-13(11(3)16)14(17)6-12/h4-6,9-10,17H,7-8H2,1-3H3. The van der Waals surface area contributed by atoms with Crippen LogP contribution in [0.25, 0.3) is 0 Å². The number of nitrogens with zero attached hydrogens (tertiary/aromatic N) is 1. The molecule has 0 aromatic heterocycles. The molecule has 0 bridgehead atoms. The molecule has 1 aromatic carbocycles. The Hall–Kier alpha value is -1.51. The first kappa shape index (κ1) is 12.0. The number of rotatable bonds is 2. The van der Waals surface area contributed by atoms with Gasteiger partial charge in [-0.25, -0.2) is 0 Å². The molecular formula is C14H19NO2. The van der Waals surface area contributed by atoms with Crippen LogP contribution in [0.1, 0.15) is 31.1 Å². The molecular weight excluding hydrogens is 214 g/mol. The van der Waals surface area contributed by atoms with E-state index >= 15 is 0 Å². The first-order valence-corrected chi connectivity index (χ1v) is 6.08. The van der Waals surface area contributed by atoms with E-state index in [1.807, 2.05) is 6.07 Å². The summed E-state index contributed by atoms with van der Waals surface area (Å²) < 4.78 is 0. The van der Waals surface area contributed by atoms with Gasteiger partial charge < -0.3 is 10.0 Å².